The van der Waals surface area contributed by atoms with Gasteiger partial charge in [0.2, 0.25) is 0 Å². The number of aliphatic hydroxyl groups is 1. The molecule has 1 atom stereocenters. The lowest BCUT2D eigenvalue weighted by atomic mass is 10.0. The van der Waals surface area contributed by atoms with Crippen molar-refractivity contribution in [1.29, 1.82) is 0 Å². The van der Waals surface area contributed by atoms with Crippen molar-refractivity contribution in [3.63, 3.8) is 0 Å². The van der Waals surface area contributed by atoms with E-state index in [1.807, 2.05) is 18.2 Å². The average molecular weight is 491 g/mol. The molecule has 34 heavy (non-hydrogen) atoms. The molecule has 2 heterocycles. The Morgan fingerprint density at radius 2 is 1.53 bits per heavy atom. The second kappa shape index (κ2) is 11.4. The number of ether oxygens (including phenoxy) is 2. The van der Waals surface area contributed by atoms with Gasteiger partial charge in [-0.15, -0.1) is 0 Å². The number of carbonyl (C=O) groups is 1. The molecule has 4 rings (SSSR count). The van der Waals surface area contributed by atoms with Gasteiger partial charge < -0.3 is 19.5 Å². The number of hydrogen-bond donors (Lipinski definition) is 2. The molecule has 2 saturated heterocycles. The summed E-state index contributed by atoms with van der Waals surface area (Å²) >= 11 is 0. The van der Waals surface area contributed by atoms with E-state index in [0.29, 0.717) is 75.9 Å². The lowest BCUT2D eigenvalue weighted by Crippen LogP contribution is -3.16. The molecule has 0 radical (unpaired) electrons. The Morgan fingerprint density at radius 3 is 2.18 bits per heavy atom. The van der Waals surface area contributed by atoms with Crippen LogP contribution >= 0.6 is 0 Å². The summed E-state index contributed by atoms with van der Waals surface area (Å²) in [5.41, 5.74) is 1.21. The number of rotatable bonds is 9. The molecule has 0 spiro atoms. The molecule has 2 aromatic carbocycles. The first-order valence-electron chi connectivity index (χ1n) is 11.6. The summed E-state index contributed by atoms with van der Waals surface area (Å²) in [5, 5.41) is 10.4. The Kier molecular flexibility index (Phi) is 8.30. The highest BCUT2D eigenvalue weighted by molar-refractivity contribution is 7.86. The second-order valence-electron chi connectivity index (χ2n) is 8.56. The predicted octanol–water partition coefficient (Wildman–Crippen LogP) is -0.565. The van der Waals surface area contributed by atoms with Crippen molar-refractivity contribution in [3.8, 4) is 5.75 Å². The molecule has 2 aromatic rings. The molecule has 2 fully saturated rings. The molecular formula is C24H32N3O6S+. The van der Waals surface area contributed by atoms with Crippen LogP contribution in [-0.4, -0.2) is 99.7 Å². The molecule has 10 heteroatoms. The number of piperazine rings is 1. The standard InChI is InChI=1S/C24H31N3O6S/c28-22(18-25-10-12-26(13-11-25)34(30,31)27-14-16-32-17-15-27)19-33-23-8-6-21(7-9-23)24(29)20-4-2-1-3-5-20/h1-9,22,28H,10-19H2/p+1/t22-/m1/s1. The van der Waals surface area contributed by atoms with Crippen molar-refractivity contribution in [2.24, 2.45) is 0 Å². The van der Waals surface area contributed by atoms with Crippen LogP contribution in [0.1, 0.15) is 15.9 Å². The zero-order valence-corrected chi connectivity index (χ0v) is 20.0. The molecule has 2 aliphatic heterocycles. The fourth-order valence-corrected chi connectivity index (χ4v) is 5.80. The number of morpholine rings is 1. The van der Waals surface area contributed by atoms with E-state index < -0.39 is 16.3 Å². The number of nitrogens with zero attached hydrogens (tertiary/aromatic N) is 2. The molecule has 0 unspecified atom stereocenters. The van der Waals surface area contributed by atoms with Crippen molar-refractivity contribution < 1.29 is 32.7 Å². The highest BCUT2D eigenvalue weighted by Gasteiger charge is 2.35. The van der Waals surface area contributed by atoms with Crippen LogP contribution in [0.15, 0.2) is 54.6 Å². The highest BCUT2D eigenvalue weighted by atomic mass is 32.2. The Labute approximate surface area is 200 Å². The third-order valence-electron chi connectivity index (χ3n) is 6.17. The van der Waals surface area contributed by atoms with Crippen molar-refractivity contribution in [2.45, 2.75) is 6.10 Å². The number of ketones is 1. The van der Waals surface area contributed by atoms with E-state index in [-0.39, 0.29) is 12.4 Å². The monoisotopic (exact) mass is 490 g/mol. The van der Waals surface area contributed by atoms with E-state index in [9.17, 15) is 18.3 Å². The number of benzene rings is 2. The largest absolute Gasteiger partial charge is 0.491 e. The van der Waals surface area contributed by atoms with Gasteiger partial charge in [-0.3, -0.25) is 4.79 Å². The third-order valence-corrected chi connectivity index (χ3v) is 8.21. The van der Waals surface area contributed by atoms with Crippen molar-refractivity contribution in [2.75, 3.05) is 65.6 Å². The minimum absolute atomic E-state index is 0.0504. The number of aliphatic hydroxyl groups excluding tert-OH is 1. The Bertz CT molecular complexity index is 1030. The predicted molar refractivity (Wildman–Crippen MR) is 126 cm³/mol. The third kappa shape index (κ3) is 6.21. The number of carbonyl (C=O) groups excluding carboxylic acids is 1. The molecule has 0 aliphatic carbocycles. The van der Waals surface area contributed by atoms with Crippen molar-refractivity contribution in [3.05, 3.63) is 65.7 Å². The van der Waals surface area contributed by atoms with E-state index in [1.54, 1.807) is 36.4 Å². The van der Waals surface area contributed by atoms with E-state index >= 15 is 0 Å². The molecule has 9 nitrogen and oxygen atoms in total. The highest BCUT2D eigenvalue weighted by Crippen LogP contribution is 2.16. The summed E-state index contributed by atoms with van der Waals surface area (Å²) in [6.45, 7) is 4.40. The van der Waals surface area contributed by atoms with Gasteiger partial charge in [-0.2, -0.15) is 17.0 Å². The topological polar surface area (TPSA) is 101 Å². The summed E-state index contributed by atoms with van der Waals surface area (Å²) in [6.07, 6.45) is -0.678. The Balaban J connectivity index is 1.20. The average Bonchev–Trinajstić information content (AvgIpc) is 2.89. The number of hydrogen-bond acceptors (Lipinski definition) is 6. The lowest BCUT2D eigenvalue weighted by molar-refractivity contribution is -0.906. The molecule has 184 valence electrons. The molecule has 2 N–H and O–H groups in total. The van der Waals surface area contributed by atoms with Gasteiger partial charge in [-0.25, -0.2) is 0 Å². The minimum atomic E-state index is -3.45. The van der Waals surface area contributed by atoms with Crippen molar-refractivity contribution in [1.82, 2.24) is 8.61 Å². The normalized spacial score (nSPS) is 19.6. The van der Waals surface area contributed by atoms with Crippen LogP contribution < -0.4 is 9.64 Å². The van der Waals surface area contributed by atoms with Crippen molar-refractivity contribution >= 4 is 16.0 Å². The second-order valence-corrected chi connectivity index (χ2v) is 10.5. The van der Waals surface area contributed by atoms with E-state index in [2.05, 4.69) is 0 Å². The first-order chi connectivity index (χ1) is 16.4. The first-order valence-corrected chi connectivity index (χ1v) is 13.0. The van der Waals surface area contributed by atoms with Gasteiger partial charge in [0.15, 0.2) is 5.78 Å². The van der Waals surface area contributed by atoms with Gasteiger partial charge >= 0.3 is 0 Å². The van der Waals surface area contributed by atoms with Gasteiger partial charge in [0, 0.05) is 24.2 Å². The Hall–Kier alpha value is -2.34. The van der Waals surface area contributed by atoms with Crippen LogP contribution in [0.3, 0.4) is 0 Å². The van der Waals surface area contributed by atoms with Crippen LogP contribution in [0.25, 0.3) is 0 Å². The zero-order valence-electron chi connectivity index (χ0n) is 19.1. The van der Waals surface area contributed by atoms with Crippen LogP contribution in [0, 0.1) is 0 Å². The fourth-order valence-electron chi connectivity index (χ4n) is 4.22. The summed E-state index contributed by atoms with van der Waals surface area (Å²) < 4.78 is 39.5. The van der Waals surface area contributed by atoms with Gasteiger partial charge in [0.05, 0.1) is 39.4 Å². The van der Waals surface area contributed by atoms with Crippen LogP contribution in [-0.2, 0) is 14.9 Å². The number of quaternary nitrogens is 1. The smallest absolute Gasteiger partial charge is 0.282 e. The minimum Gasteiger partial charge on any atom is -0.491 e. The SMILES string of the molecule is O=C(c1ccccc1)c1ccc(OC[C@H](O)C[NH+]2CCN(S(=O)(=O)N3CCOCC3)CC2)cc1. The fraction of sp³-hybridized carbons (Fsp3) is 0.458. The van der Waals surface area contributed by atoms with Gasteiger partial charge in [0.25, 0.3) is 10.2 Å². The summed E-state index contributed by atoms with van der Waals surface area (Å²) in [4.78, 5) is 13.6. The zero-order chi connectivity index (χ0) is 24.0. The molecule has 0 saturated carbocycles. The molecular weight excluding hydrogens is 458 g/mol. The maximum absolute atomic E-state index is 12.8. The quantitative estimate of drug-likeness (QED) is 0.457. The summed E-state index contributed by atoms with van der Waals surface area (Å²) in [7, 11) is -3.45. The van der Waals surface area contributed by atoms with E-state index in [4.69, 9.17) is 9.47 Å². The Morgan fingerprint density at radius 1 is 0.941 bits per heavy atom. The number of nitrogens with one attached hydrogen (secondary N) is 1. The molecule has 0 amide bonds. The van der Waals surface area contributed by atoms with E-state index in [1.165, 1.54) is 8.61 Å². The maximum Gasteiger partial charge on any atom is 0.282 e. The summed E-state index contributed by atoms with van der Waals surface area (Å²) in [6, 6.07) is 16.0. The lowest BCUT2D eigenvalue weighted by Gasteiger charge is -2.36. The van der Waals surface area contributed by atoms with Gasteiger partial charge in [-0.1, -0.05) is 30.3 Å². The maximum atomic E-state index is 12.8. The first kappa shape index (κ1) is 24.8. The molecule has 0 aromatic heterocycles. The van der Waals surface area contributed by atoms with Crippen LogP contribution in [0.4, 0.5) is 0 Å². The van der Waals surface area contributed by atoms with E-state index in [0.717, 1.165) is 4.90 Å². The van der Waals surface area contributed by atoms with Gasteiger partial charge in [0.1, 0.15) is 25.0 Å². The molecule has 2 aliphatic rings. The summed E-state index contributed by atoms with van der Waals surface area (Å²) in [5.74, 6) is 0.533. The van der Waals surface area contributed by atoms with Crippen LogP contribution in [0.2, 0.25) is 0 Å². The molecule has 0 bridgehead atoms. The van der Waals surface area contributed by atoms with Gasteiger partial charge in [-0.05, 0) is 24.3 Å². The van der Waals surface area contributed by atoms with Crippen LogP contribution in [0.5, 0.6) is 5.75 Å².